The fourth-order valence-corrected chi connectivity index (χ4v) is 4.50. The fourth-order valence-electron chi connectivity index (χ4n) is 3.02. The van der Waals surface area contributed by atoms with Gasteiger partial charge in [-0.05, 0) is 49.8 Å². The van der Waals surface area contributed by atoms with Crippen LogP contribution in [0.4, 0.5) is 13.2 Å². The molecule has 0 saturated heterocycles. The Morgan fingerprint density at radius 1 is 1.12 bits per heavy atom. The Morgan fingerprint density at radius 2 is 1.76 bits per heavy atom. The molecule has 1 heterocycles. The molecule has 0 aliphatic heterocycles. The molecule has 2 aromatic carbocycles. The van der Waals surface area contributed by atoms with E-state index in [4.69, 9.17) is 23.2 Å². The summed E-state index contributed by atoms with van der Waals surface area (Å²) in [6, 6.07) is 8.92. The summed E-state index contributed by atoms with van der Waals surface area (Å²) in [5.41, 5.74) is 0.593. The summed E-state index contributed by atoms with van der Waals surface area (Å²) in [4.78, 5) is 16.3. The molecule has 3 rings (SSSR count). The molecule has 0 aliphatic carbocycles. The summed E-state index contributed by atoms with van der Waals surface area (Å²) in [5.74, 6) is -0.511. The van der Waals surface area contributed by atoms with E-state index in [9.17, 15) is 26.4 Å². The third-order valence-electron chi connectivity index (χ3n) is 4.82. The maximum Gasteiger partial charge on any atom is 0.416 e. The van der Waals surface area contributed by atoms with Crippen molar-refractivity contribution in [3.63, 3.8) is 0 Å². The minimum absolute atomic E-state index is 0.0193. The van der Waals surface area contributed by atoms with Crippen molar-refractivity contribution in [3.05, 3.63) is 86.9 Å². The van der Waals surface area contributed by atoms with Gasteiger partial charge in [-0.25, -0.2) is 18.1 Å². The van der Waals surface area contributed by atoms with Gasteiger partial charge in [0.25, 0.3) is 15.9 Å². The third-order valence-corrected chi connectivity index (χ3v) is 6.81. The van der Waals surface area contributed by atoms with E-state index >= 15 is 0 Å². The van der Waals surface area contributed by atoms with Crippen LogP contribution in [0.15, 0.2) is 53.4 Å². The smallest absolute Gasteiger partial charge is 0.323 e. The molecule has 0 unspecified atom stereocenters. The van der Waals surface area contributed by atoms with Crippen molar-refractivity contribution in [2.24, 2.45) is 0 Å². The first-order valence-corrected chi connectivity index (χ1v) is 11.9. The van der Waals surface area contributed by atoms with Gasteiger partial charge in [-0.3, -0.25) is 4.79 Å². The number of nitrogens with zero attached hydrogens (tertiary/aromatic N) is 2. The van der Waals surface area contributed by atoms with Gasteiger partial charge < -0.3 is 4.57 Å². The van der Waals surface area contributed by atoms with Crippen molar-refractivity contribution >= 4 is 45.2 Å². The molecule has 34 heavy (non-hydrogen) atoms. The number of carbonyl (C=O) groups is 1. The molecule has 0 aliphatic rings. The Balaban J connectivity index is 1.82. The number of aromatic nitrogens is 2. The van der Waals surface area contributed by atoms with Crippen LogP contribution in [0, 0.1) is 13.8 Å². The van der Waals surface area contributed by atoms with Gasteiger partial charge in [0.05, 0.1) is 22.7 Å². The van der Waals surface area contributed by atoms with E-state index in [0.717, 1.165) is 23.8 Å². The van der Waals surface area contributed by atoms with E-state index in [2.05, 4.69) is 4.98 Å². The number of halogens is 5. The van der Waals surface area contributed by atoms with E-state index in [-0.39, 0.29) is 27.3 Å². The van der Waals surface area contributed by atoms with Gasteiger partial charge in [-0.1, -0.05) is 47.0 Å². The normalized spacial score (nSPS) is 12.3. The van der Waals surface area contributed by atoms with Crippen molar-refractivity contribution in [3.8, 4) is 0 Å². The first kappa shape index (κ1) is 25.8. The molecule has 1 N–H and O–H groups in total. The molecule has 0 fully saturated rings. The van der Waals surface area contributed by atoms with E-state index in [1.165, 1.54) is 28.8 Å². The second-order valence-corrected chi connectivity index (χ2v) is 9.79. The number of aryl methyl sites for hydroxylation is 2. The maximum absolute atomic E-state index is 12.9. The summed E-state index contributed by atoms with van der Waals surface area (Å²) >= 11 is 12.2. The highest BCUT2D eigenvalue weighted by atomic mass is 35.5. The average Bonchev–Trinajstić information content (AvgIpc) is 2.99. The molecule has 0 saturated carbocycles. The summed E-state index contributed by atoms with van der Waals surface area (Å²) in [6.07, 6.45) is -2.30. The Labute approximate surface area is 204 Å². The number of alkyl halides is 3. The van der Waals surface area contributed by atoms with Gasteiger partial charge in [0.15, 0.2) is 5.15 Å². The molecule has 0 spiro atoms. The largest absolute Gasteiger partial charge is 0.416 e. The summed E-state index contributed by atoms with van der Waals surface area (Å²) < 4.78 is 66.9. The number of nitrogens with one attached hydrogen (secondary N) is 1. The zero-order valence-corrected chi connectivity index (χ0v) is 20.1. The Bertz CT molecular complexity index is 1370. The monoisotopic (exact) mass is 531 g/mol. The number of rotatable bonds is 6. The number of hydrogen-bond acceptors (Lipinski definition) is 4. The van der Waals surface area contributed by atoms with Gasteiger partial charge in [-0.15, -0.1) is 0 Å². The van der Waals surface area contributed by atoms with Crippen LogP contribution in [0.5, 0.6) is 0 Å². The van der Waals surface area contributed by atoms with Crippen LogP contribution in [0.1, 0.15) is 28.2 Å². The summed E-state index contributed by atoms with van der Waals surface area (Å²) in [6.45, 7) is 3.43. The van der Waals surface area contributed by atoms with Crippen molar-refractivity contribution < 1.29 is 26.4 Å². The van der Waals surface area contributed by atoms with Crippen molar-refractivity contribution in [2.45, 2.75) is 31.5 Å². The minimum atomic E-state index is -4.53. The van der Waals surface area contributed by atoms with Crippen LogP contribution < -0.4 is 4.72 Å². The molecule has 3 aromatic rings. The molecule has 12 heteroatoms. The number of benzene rings is 2. The molecule has 180 valence electrons. The van der Waals surface area contributed by atoms with Gasteiger partial charge >= 0.3 is 6.18 Å². The fraction of sp³-hybridized carbons (Fsp3) is 0.182. The minimum Gasteiger partial charge on any atom is -0.323 e. The van der Waals surface area contributed by atoms with Crippen LogP contribution in [0.25, 0.3) is 6.08 Å². The zero-order chi connectivity index (χ0) is 25.3. The molecule has 1 aromatic heterocycles. The number of carbonyl (C=O) groups excluding carboxylic acids is 1. The molecule has 0 atom stereocenters. The highest BCUT2D eigenvalue weighted by Crippen LogP contribution is 2.33. The van der Waals surface area contributed by atoms with Gasteiger partial charge in [0, 0.05) is 11.1 Å². The second-order valence-electron chi connectivity index (χ2n) is 7.34. The molecule has 0 bridgehead atoms. The second kappa shape index (κ2) is 9.81. The Morgan fingerprint density at radius 3 is 2.35 bits per heavy atom. The lowest BCUT2D eigenvalue weighted by atomic mass is 10.1. The van der Waals surface area contributed by atoms with E-state index < -0.39 is 27.7 Å². The molecular weight excluding hydrogens is 514 g/mol. The van der Waals surface area contributed by atoms with Gasteiger partial charge in [0.1, 0.15) is 5.82 Å². The molecular formula is C22H18Cl2F3N3O3S. The highest BCUT2D eigenvalue weighted by molar-refractivity contribution is 7.90. The van der Waals surface area contributed by atoms with Crippen LogP contribution in [0.3, 0.4) is 0 Å². The van der Waals surface area contributed by atoms with Crippen LogP contribution in [-0.2, 0) is 27.5 Å². The number of hydrogen-bond donors (Lipinski definition) is 1. The van der Waals surface area contributed by atoms with Crippen LogP contribution in [-0.4, -0.2) is 23.9 Å². The van der Waals surface area contributed by atoms with E-state index in [0.29, 0.717) is 11.4 Å². The van der Waals surface area contributed by atoms with E-state index in [1.54, 1.807) is 26.0 Å². The van der Waals surface area contributed by atoms with Crippen molar-refractivity contribution in [2.75, 3.05) is 0 Å². The standard InChI is InChI=1S/C22H18Cl2F3N3O3S/c1-13-3-7-17(8-4-13)34(32,33)29-20(31)10-9-19-21(24)28-14(2)30(19)12-15-5-6-16(11-18(15)23)22(25,26)27/h3-11H,12H2,1-2H3,(H,29,31)/b10-9+. The van der Waals surface area contributed by atoms with Crippen molar-refractivity contribution in [1.82, 2.24) is 14.3 Å². The first-order chi connectivity index (χ1) is 15.8. The van der Waals surface area contributed by atoms with Gasteiger partial charge in [-0.2, -0.15) is 13.2 Å². The number of imidazole rings is 1. The lowest BCUT2D eigenvalue weighted by Crippen LogP contribution is -2.29. The lowest BCUT2D eigenvalue weighted by molar-refractivity contribution is -0.137. The van der Waals surface area contributed by atoms with Crippen molar-refractivity contribution in [1.29, 1.82) is 0 Å². The van der Waals surface area contributed by atoms with Crippen LogP contribution >= 0.6 is 23.2 Å². The summed E-state index contributed by atoms with van der Waals surface area (Å²) in [5, 5.41) is -0.0816. The first-order valence-electron chi connectivity index (χ1n) is 9.67. The quantitative estimate of drug-likeness (QED) is 0.432. The lowest BCUT2D eigenvalue weighted by Gasteiger charge is -2.12. The zero-order valence-electron chi connectivity index (χ0n) is 17.8. The predicted molar refractivity (Wildman–Crippen MR) is 123 cm³/mol. The maximum atomic E-state index is 12.9. The average molecular weight is 532 g/mol. The summed E-state index contributed by atoms with van der Waals surface area (Å²) in [7, 11) is -4.08. The van der Waals surface area contributed by atoms with E-state index in [1.807, 2.05) is 4.72 Å². The topological polar surface area (TPSA) is 81.1 Å². The highest BCUT2D eigenvalue weighted by Gasteiger charge is 2.31. The molecule has 6 nitrogen and oxygen atoms in total. The number of amides is 1. The molecule has 0 radical (unpaired) electrons. The Kier molecular flexibility index (Phi) is 7.44. The van der Waals surface area contributed by atoms with Crippen LogP contribution in [0.2, 0.25) is 10.2 Å². The predicted octanol–water partition coefficient (Wildman–Crippen LogP) is 5.39. The molecule has 1 amide bonds. The Hall–Kier alpha value is -2.82. The number of sulfonamides is 1. The van der Waals surface area contributed by atoms with Gasteiger partial charge in [0.2, 0.25) is 0 Å². The SMILES string of the molecule is Cc1ccc(S(=O)(=O)NC(=O)/C=C/c2c(Cl)nc(C)n2Cc2ccc(C(F)(F)F)cc2Cl)cc1. The third kappa shape index (κ3) is 5.99.